The Morgan fingerprint density at radius 2 is 1.96 bits per heavy atom. The van der Waals surface area contributed by atoms with Gasteiger partial charge in [-0.25, -0.2) is 13.2 Å². The highest BCUT2D eigenvalue weighted by Crippen LogP contribution is 2.32. The average Bonchev–Trinajstić information content (AvgIpc) is 3.22. The molecule has 0 bridgehead atoms. The summed E-state index contributed by atoms with van der Waals surface area (Å²) in [5.41, 5.74) is 0.870. The summed E-state index contributed by atoms with van der Waals surface area (Å²) in [4.78, 5) is 6.07. The highest BCUT2D eigenvalue weighted by molar-refractivity contribution is 5.61. The Balaban J connectivity index is 1.96. The van der Waals surface area contributed by atoms with Crippen LogP contribution < -0.4 is 0 Å². The molecule has 3 aromatic rings. The molecule has 2 heterocycles. The minimum absolute atomic E-state index is 0.0428. The van der Waals surface area contributed by atoms with Crippen LogP contribution in [0.25, 0.3) is 22.8 Å². The van der Waals surface area contributed by atoms with E-state index in [1.54, 1.807) is 6.07 Å². The molecule has 0 aliphatic carbocycles. The van der Waals surface area contributed by atoms with Crippen LogP contribution in [-0.2, 0) is 13.1 Å². The normalized spacial score (nSPS) is 11.9. The number of hydrogen-bond acceptors (Lipinski definition) is 5. The molecule has 0 saturated heterocycles. The Hall–Kier alpha value is -2.68. The van der Waals surface area contributed by atoms with Crippen LogP contribution in [-0.4, -0.2) is 38.9 Å². The molecule has 2 aromatic heterocycles. The summed E-state index contributed by atoms with van der Waals surface area (Å²) < 4.78 is 47.7. The molecule has 0 spiro atoms. The average molecular weight is 393 g/mol. The lowest BCUT2D eigenvalue weighted by molar-refractivity contribution is 0.138. The Kier molecular flexibility index (Phi) is 5.83. The molecular formula is C19H22F3N5O. The Morgan fingerprint density at radius 3 is 2.61 bits per heavy atom. The predicted octanol–water partition coefficient (Wildman–Crippen LogP) is 4.39. The van der Waals surface area contributed by atoms with E-state index in [9.17, 15) is 13.2 Å². The first-order valence-electron chi connectivity index (χ1n) is 8.87. The summed E-state index contributed by atoms with van der Waals surface area (Å²) in [6.07, 6.45) is -1.42. The van der Waals surface area contributed by atoms with E-state index in [0.717, 1.165) is 0 Å². The van der Waals surface area contributed by atoms with E-state index >= 15 is 0 Å². The van der Waals surface area contributed by atoms with Crippen LogP contribution in [0.5, 0.6) is 0 Å². The molecule has 0 amide bonds. The fraction of sp³-hybridized carbons (Fsp3) is 0.421. The van der Waals surface area contributed by atoms with Gasteiger partial charge >= 0.3 is 0 Å². The molecule has 0 saturated carbocycles. The number of alkyl halides is 2. The molecule has 1 aromatic carbocycles. The number of aromatic nitrogens is 4. The molecule has 0 radical (unpaired) electrons. The van der Waals surface area contributed by atoms with Crippen LogP contribution in [0.4, 0.5) is 13.2 Å². The zero-order valence-corrected chi connectivity index (χ0v) is 16.2. The third-order valence-electron chi connectivity index (χ3n) is 4.07. The van der Waals surface area contributed by atoms with Crippen molar-refractivity contribution in [2.45, 2.75) is 33.4 Å². The third-order valence-corrected chi connectivity index (χ3v) is 4.07. The first kappa shape index (κ1) is 20.1. The first-order valence-corrected chi connectivity index (χ1v) is 8.87. The van der Waals surface area contributed by atoms with Gasteiger partial charge in [-0.1, -0.05) is 19.0 Å². The van der Waals surface area contributed by atoms with E-state index in [4.69, 9.17) is 4.52 Å². The van der Waals surface area contributed by atoms with Crippen LogP contribution in [0.15, 0.2) is 28.9 Å². The van der Waals surface area contributed by atoms with Gasteiger partial charge < -0.3 is 9.42 Å². The number of nitrogens with zero attached hydrogens (tertiary/aromatic N) is 5. The van der Waals surface area contributed by atoms with Gasteiger partial charge in [0.25, 0.3) is 12.3 Å². The molecule has 0 fully saturated rings. The van der Waals surface area contributed by atoms with Gasteiger partial charge in [-0.3, -0.25) is 4.68 Å². The maximum atomic E-state index is 14.0. The van der Waals surface area contributed by atoms with E-state index < -0.39 is 6.43 Å². The van der Waals surface area contributed by atoms with Gasteiger partial charge in [0, 0.05) is 24.2 Å². The lowest BCUT2D eigenvalue weighted by Crippen LogP contribution is -2.12. The fourth-order valence-corrected chi connectivity index (χ4v) is 2.91. The second-order valence-electron chi connectivity index (χ2n) is 7.29. The summed E-state index contributed by atoms with van der Waals surface area (Å²) in [6.45, 7) is 4.59. The van der Waals surface area contributed by atoms with Crippen molar-refractivity contribution in [2.24, 2.45) is 5.92 Å². The minimum Gasteiger partial charge on any atom is -0.333 e. The molecule has 3 rings (SSSR count). The Bertz CT molecular complexity index is 949. The highest BCUT2D eigenvalue weighted by atomic mass is 19.3. The van der Waals surface area contributed by atoms with Crippen LogP contribution in [0.3, 0.4) is 0 Å². The fourth-order valence-electron chi connectivity index (χ4n) is 2.91. The maximum Gasteiger partial charge on any atom is 0.280 e. The van der Waals surface area contributed by atoms with E-state index in [2.05, 4.69) is 15.2 Å². The van der Waals surface area contributed by atoms with Crippen LogP contribution in [0.1, 0.15) is 31.5 Å². The van der Waals surface area contributed by atoms with Crippen molar-refractivity contribution in [3.63, 3.8) is 0 Å². The summed E-state index contributed by atoms with van der Waals surface area (Å²) in [5.74, 6) is -0.0282. The summed E-state index contributed by atoms with van der Waals surface area (Å²) in [6, 6.07) is 4.48. The third kappa shape index (κ3) is 4.24. The van der Waals surface area contributed by atoms with Gasteiger partial charge in [0.2, 0.25) is 5.82 Å². The lowest BCUT2D eigenvalue weighted by atomic mass is 10.1. The molecule has 0 N–H and O–H groups in total. The molecule has 150 valence electrons. The molecule has 0 aliphatic heterocycles. The van der Waals surface area contributed by atoms with Gasteiger partial charge in [0.05, 0.1) is 11.8 Å². The van der Waals surface area contributed by atoms with Crippen molar-refractivity contribution in [2.75, 3.05) is 14.1 Å². The molecule has 0 atom stereocenters. The molecule has 9 heteroatoms. The zero-order chi connectivity index (χ0) is 20.4. The van der Waals surface area contributed by atoms with Crippen molar-refractivity contribution in [1.29, 1.82) is 0 Å². The number of benzene rings is 1. The largest absolute Gasteiger partial charge is 0.333 e. The van der Waals surface area contributed by atoms with E-state index in [1.807, 2.05) is 32.8 Å². The van der Waals surface area contributed by atoms with Gasteiger partial charge in [-0.2, -0.15) is 10.1 Å². The molecule has 28 heavy (non-hydrogen) atoms. The van der Waals surface area contributed by atoms with Gasteiger partial charge in [-0.05, 0) is 38.2 Å². The standard InChI is InChI=1S/C19H22F3N5O/c1-11(2)9-27-16(17(21)22)14(8-23-27)19-24-18(25-28-19)12-5-6-15(20)13(7-12)10-26(3)4/h5-8,11,17H,9-10H2,1-4H3. The molecular weight excluding hydrogens is 371 g/mol. The second-order valence-corrected chi connectivity index (χ2v) is 7.29. The Labute approximate surface area is 161 Å². The van der Waals surface area contributed by atoms with Crippen molar-refractivity contribution in [3.8, 4) is 22.8 Å². The molecule has 0 aliphatic rings. The van der Waals surface area contributed by atoms with Gasteiger partial charge in [0.15, 0.2) is 0 Å². The van der Waals surface area contributed by atoms with E-state index in [1.165, 1.54) is 23.0 Å². The van der Waals surface area contributed by atoms with E-state index in [0.29, 0.717) is 24.2 Å². The van der Waals surface area contributed by atoms with Gasteiger partial charge in [-0.15, -0.1) is 0 Å². The second kappa shape index (κ2) is 8.14. The minimum atomic E-state index is -2.73. The quantitative estimate of drug-likeness (QED) is 0.596. The topological polar surface area (TPSA) is 60.0 Å². The van der Waals surface area contributed by atoms with Crippen molar-refractivity contribution in [1.82, 2.24) is 24.8 Å². The zero-order valence-electron chi connectivity index (χ0n) is 16.2. The summed E-state index contributed by atoms with van der Waals surface area (Å²) in [7, 11) is 3.67. The SMILES string of the molecule is CC(C)Cn1ncc(-c2nc(-c3ccc(F)c(CN(C)C)c3)no2)c1C(F)F. The maximum absolute atomic E-state index is 14.0. The van der Waals surface area contributed by atoms with Crippen LogP contribution in [0.2, 0.25) is 0 Å². The number of rotatable bonds is 7. The van der Waals surface area contributed by atoms with Crippen molar-refractivity contribution in [3.05, 3.63) is 41.5 Å². The predicted molar refractivity (Wildman–Crippen MR) is 98.1 cm³/mol. The smallest absolute Gasteiger partial charge is 0.280 e. The molecule has 6 nitrogen and oxygen atoms in total. The van der Waals surface area contributed by atoms with Crippen molar-refractivity contribution >= 4 is 0 Å². The number of halogens is 3. The highest BCUT2D eigenvalue weighted by Gasteiger charge is 2.25. The number of hydrogen-bond donors (Lipinski definition) is 0. The summed E-state index contributed by atoms with van der Waals surface area (Å²) >= 11 is 0. The van der Waals surface area contributed by atoms with Crippen LogP contribution in [0, 0.1) is 11.7 Å². The van der Waals surface area contributed by atoms with Gasteiger partial charge in [0.1, 0.15) is 11.5 Å². The lowest BCUT2D eigenvalue weighted by Gasteiger charge is -2.11. The van der Waals surface area contributed by atoms with Crippen molar-refractivity contribution < 1.29 is 17.7 Å². The van der Waals surface area contributed by atoms with Crippen LogP contribution >= 0.6 is 0 Å². The van der Waals surface area contributed by atoms with E-state index in [-0.39, 0.29) is 34.7 Å². The Morgan fingerprint density at radius 1 is 1.21 bits per heavy atom. The monoisotopic (exact) mass is 393 g/mol. The first-order chi connectivity index (χ1) is 13.3. The summed E-state index contributed by atoms with van der Waals surface area (Å²) in [5, 5.41) is 7.93. The molecule has 0 unspecified atom stereocenters.